The zero-order chi connectivity index (χ0) is 12.5. The number of nitrogens with one attached hydrogen (secondary N) is 1. The van der Waals surface area contributed by atoms with Gasteiger partial charge in [0.05, 0.1) is 15.0 Å². The van der Waals surface area contributed by atoms with Crippen molar-refractivity contribution < 1.29 is 0 Å². The predicted octanol–water partition coefficient (Wildman–Crippen LogP) is 4.15. The first-order valence-electron chi connectivity index (χ1n) is 5.39. The predicted molar refractivity (Wildman–Crippen MR) is 79.4 cm³/mol. The molecule has 0 unspecified atom stereocenters. The van der Waals surface area contributed by atoms with E-state index in [-0.39, 0.29) is 0 Å². The van der Waals surface area contributed by atoms with Crippen LogP contribution in [-0.2, 0) is 0 Å². The summed E-state index contributed by atoms with van der Waals surface area (Å²) in [6.45, 7) is 0. The summed E-state index contributed by atoms with van der Waals surface area (Å²) < 4.78 is 1.09. The van der Waals surface area contributed by atoms with Crippen molar-refractivity contribution in [1.82, 2.24) is 10.2 Å². The minimum atomic E-state index is 0.526. The molecule has 0 aliphatic heterocycles. The fraction of sp³-hybridized carbons (Fsp3) is 0. The van der Waals surface area contributed by atoms with Gasteiger partial charge in [-0.1, -0.05) is 30.3 Å². The largest absolute Gasteiger partial charge is 0.382 e. The molecule has 2 heterocycles. The number of hydrogen-bond acceptors (Lipinski definition) is 3. The van der Waals surface area contributed by atoms with Crippen LogP contribution in [0.15, 0.2) is 45.6 Å². The van der Waals surface area contributed by atoms with E-state index < -0.39 is 0 Å². The molecule has 0 saturated carbocycles. The Bertz CT molecular complexity index is 673. The monoisotopic (exact) mass is 319 g/mol. The normalized spacial score (nSPS) is 10.7. The lowest BCUT2D eigenvalue weighted by atomic mass is 10.0. The Morgan fingerprint density at radius 3 is 2.61 bits per heavy atom. The average molecular weight is 320 g/mol. The van der Waals surface area contributed by atoms with Crippen LogP contribution in [0.4, 0.5) is 5.82 Å². The summed E-state index contributed by atoms with van der Waals surface area (Å²) in [5.41, 5.74) is 10.0. The van der Waals surface area contributed by atoms with Crippen LogP contribution in [0.25, 0.3) is 22.4 Å². The molecule has 0 amide bonds. The fourth-order valence-corrected chi connectivity index (χ4v) is 3.05. The van der Waals surface area contributed by atoms with Gasteiger partial charge in [-0.05, 0) is 27.6 Å². The number of halogens is 1. The van der Waals surface area contributed by atoms with Gasteiger partial charge < -0.3 is 5.73 Å². The minimum Gasteiger partial charge on any atom is -0.382 e. The zero-order valence-corrected chi connectivity index (χ0v) is 11.8. The second-order valence-electron chi connectivity index (χ2n) is 3.86. The van der Waals surface area contributed by atoms with Crippen molar-refractivity contribution >= 4 is 33.1 Å². The van der Waals surface area contributed by atoms with Crippen LogP contribution in [0.3, 0.4) is 0 Å². The molecule has 0 fully saturated rings. The summed E-state index contributed by atoms with van der Waals surface area (Å²) in [5.74, 6) is 0.526. The van der Waals surface area contributed by atoms with Crippen LogP contribution in [0.5, 0.6) is 0 Å². The number of nitrogens with zero attached hydrogens (tertiary/aromatic N) is 1. The summed E-state index contributed by atoms with van der Waals surface area (Å²) in [6, 6.07) is 12.1. The number of thiophene rings is 1. The maximum absolute atomic E-state index is 5.97. The molecule has 0 aliphatic rings. The van der Waals surface area contributed by atoms with Crippen molar-refractivity contribution in [3.8, 4) is 22.4 Å². The van der Waals surface area contributed by atoms with Crippen LogP contribution < -0.4 is 5.73 Å². The SMILES string of the molecule is Nc1n[nH]c(-c2csc(Br)c2)c1-c1ccccc1. The van der Waals surface area contributed by atoms with Crippen molar-refractivity contribution in [2.75, 3.05) is 5.73 Å². The van der Waals surface area contributed by atoms with Gasteiger partial charge in [0, 0.05) is 10.9 Å². The van der Waals surface area contributed by atoms with E-state index >= 15 is 0 Å². The first-order chi connectivity index (χ1) is 8.75. The van der Waals surface area contributed by atoms with Crippen molar-refractivity contribution in [1.29, 1.82) is 0 Å². The standard InChI is InChI=1S/C13H10BrN3S/c14-10-6-9(7-18-10)12-11(13(15)17-16-12)8-4-2-1-3-5-8/h1-7H,(H3,15,16,17). The highest BCUT2D eigenvalue weighted by molar-refractivity contribution is 9.11. The molecule has 3 rings (SSSR count). The number of hydrogen-bond donors (Lipinski definition) is 2. The molecule has 90 valence electrons. The first-order valence-corrected chi connectivity index (χ1v) is 7.06. The molecule has 3 nitrogen and oxygen atoms in total. The van der Waals surface area contributed by atoms with Crippen LogP contribution in [0, 0.1) is 0 Å². The summed E-state index contributed by atoms with van der Waals surface area (Å²) in [7, 11) is 0. The molecule has 2 aromatic heterocycles. The van der Waals surface area contributed by atoms with Crippen molar-refractivity contribution in [3.05, 3.63) is 45.6 Å². The van der Waals surface area contributed by atoms with Gasteiger partial charge >= 0.3 is 0 Å². The Labute approximate surface area is 117 Å². The van der Waals surface area contributed by atoms with Crippen LogP contribution in [0.1, 0.15) is 0 Å². The number of rotatable bonds is 2. The van der Waals surface area contributed by atoms with Gasteiger partial charge in [-0.15, -0.1) is 11.3 Å². The average Bonchev–Trinajstić information content (AvgIpc) is 2.96. The van der Waals surface area contributed by atoms with Crippen LogP contribution in [-0.4, -0.2) is 10.2 Å². The second-order valence-corrected chi connectivity index (χ2v) is 6.15. The van der Waals surface area contributed by atoms with Crippen LogP contribution >= 0.6 is 27.3 Å². The number of aromatic nitrogens is 2. The number of benzene rings is 1. The molecule has 0 atom stereocenters. The molecule has 3 N–H and O–H groups in total. The molecule has 5 heteroatoms. The van der Waals surface area contributed by atoms with Gasteiger partial charge in [-0.2, -0.15) is 5.10 Å². The maximum atomic E-state index is 5.97. The first kappa shape index (κ1) is 11.5. The number of nitrogen functional groups attached to an aromatic ring is 1. The molecule has 0 radical (unpaired) electrons. The Morgan fingerprint density at radius 1 is 1.17 bits per heavy atom. The Morgan fingerprint density at radius 2 is 1.94 bits per heavy atom. The van der Waals surface area contributed by atoms with E-state index in [0.29, 0.717) is 5.82 Å². The molecular formula is C13H10BrN3S. The molecule has 0 aliphatic carbocycles. The number of H-pyrrole nitrogens is 1. The zero-order valence-electron chi connectivity index (χ0n) is 9.35. The van der Waals surface area contributed by atoms with E-state index in [1.54, 1.807) is 11.3 Å². The molecule has 0 spiro atoms. The molecule has 18 heavy (non-hydrogen) atoms. The summed E-state index contributed by atoms with van der Waals surface area (Å²) in [5, 5.41) is 9.21. The van der Waals surface area contributed by atoms with Crippen molar-refractivity contribution in [3.63, 3.8) is 0 Å². The van der Waals surface area contributed by atoms with E-state index in [2.05, 4.69) is 37.6 Å². The molecular weight excluding hydrogens is 310 g/mol. The molecule has 3 aromatic rings. The molecule has 0 saturated heterocycles. The highest BCUT2D eigenvalue weighted by Crippen LogP contribution is 2.37. The topological polar surface area (TPSA) is 54.7 Å². The third kappa shape index (κ3) is 1.95. The summed E-state index contributed by atoms with van der Waals surface area (Å²) in [4.78, 5) is 0. The lowest BCUT2D eigenvalue weighted by Gasteiger charge is -2.02. The lowest BCUT2D eigenvalue weighted by molar-refractivity contribution is 1.10. The van der Waals surface area contributed by atoms with E-state index in [4.69, 9.17) is 5.73 Å². The van der Waals surface area contributed by atoms with Gasteiger partial charge in [0.25, 0.3) is 0 Å². The van der Waals surface area contributed by atoms with Gasteiger partial charge in [-0.3, -0.25) is 5.10 Å². The number of nitrogens with two attached hydrogens (primary N) is 1. The van der Waals surface area contributed by atoms with Crippen LogP contribution in [0.2, 0.25) is 0 Å². The van der Waals surface area contributed by atoms with E-state index in [1.807, 2.05) is 30.3 Å². The molecule has 1 aromatic carbocycles. The van der Waals surface area contributed by atoms with Gasteiger partial charge in [0.15, 0.2) is 5.82 Å². The Balaban J connectivity index is 2.18. The van der Waals surface area contributed by atoms with E-state index in [0.717, 1.165) is 26.2 Å². The van der Waals surface area contributed by atoms with Crippen molar-refractivity contribution in [2.45, 2.75) is 0 Å². The smallest absolute Gasteiger partial charge is 0.153 e. The third-order valence-corrected chi connectivity index (χ3v) is 4.22. The highest BCUT2D eigenvalue weighted by Gasteiger charge is 2.15. The van der Waals surface area contributed by atoms with E-state index in [9.17, 15) is 0 Å². The quantitative estimate of drug-likeness (QED) is 0.745. The Kier molecular flexibility index (Phi) is 2.93. The Hall–Kier alpha value is -1.59. The number of aromatic amines is 1. The second kappa shape index (κ2) is 4.59. The fourth-order valence-electron chi connectivity index (χ4n) is 1.90. The highest BCUT2D eigenvalue weighted by atomic mass is 79.9. The molecule has 0 bridgehead atoms. The lowest BCUT2D eigenvalue weighted by Crippen LogP contribution is -1.88. The summed E-state index contributed by atoms with van der Waals surface area (Å²) in [6.07, 6.45) is 0. The maximum Gasteiger partial charge on any atom is 0.153 e. The number of anilines is 1. The van der Waals surface area contributed by atoms with Gasteiger partial charge in [0.2, 0.25) is 0 Å². The minimum absolute atomic E-state index is 0.526. The third-order valence-electron chi connectivity index (χ3n) is 2.71. The van der Waals surface area contributed by atoms with Gasteiger partial charge in [-0.25, -0.2) is 0 Å². The van der Waals surface area contributed by atoms with Gasteiger partial charge in [0.1, 0.15) is 0 Å². The van der Waals surface area contributed by atoms with Crippen molar-refractivity contribution in [2.24, 2.45) is 0 Å². The summed E-state index contributed by atoms with van der Waals surface area (Å²) >= 11 is 5.11. The van der Waals surface area contributed by atoms with E-state index in [1.165, 1.54) is 0 Å².